The van der Waals surface area contributed by atoms with Crippen molar-refractivity contribution < 1.29 is 19.1 Å². The largest absolute Gasteiger partial charge is 0.481 e. The summed E-state index contributed by atoms with van der Waals surface area (Å²) in [6.07, 6.45) is 4.40. The van der Waals surface area contributed by atoms with Crippen LogP contribution in [-0.2, 0) is 17.9 Å². The average molecular weight is 373 g/mol. The van der Waals surface area contributed by atoms with E-state index < -0.39 is 6.04 Å². The quantitative estimate of drug-likeness (QED) is 0.687. The van der Waals surface area contributed by atoms with Gasteiger partial charge in [-0.2, -0.15) is 0 Å². The maximum Gasteiger partial charge on any atom is 0.315 e. The number of fused-ring (bicyclic) bond motifs is 1. The molecule has 1 saturated carbocycles. The van der Waals surface area contributed by atoms with Crippen LogP contribution >= 0.6 is 0 Å². The van der Waals surface area contributed by atoms with Crippen LogP contribution in [0, 0.1) is 0 Å². The van der Waals surface area contributed by atoms with Crippen LogP contribution in [0.25, 0.3) is 0 Å². The maximum absolute atomic E-state index is 12.8. The second kappa shape index (κ2) is 7.05. The number of hydrogen-bond donors (Lipinski definition) is 3. The molecule has 1 aliphatic carbocycles. The van der Waals surface area contributed by atoms with E-state index in [1.54, 1.807) is 6.07 Å². The third kappa shape index (κ3) is 3.29. The second-order valence-electron chi connectivity index (χ2n) is 7.15. The van der Waals surface area contributed by atoms with Crippen molar-refractivity contribution in [2.24, 2.45) is 0 Å². The van der Waals surface area contributed by atoms with Crippen molar-refractivity contribution in [3.05, 3.63) is 22.9 Å². The summed E-state index contributed by atoms with van der Waals surface area (Å²) >= 11 is 0. The van der Waals surface area contributed by atoms with E-state index in [9.17, 15) is 14.4 Å². The van der Waals surface area contributed by atoms with Crippen molar-refractivity contribution in [2.45, 2.75) is 50.9 Å². The number of aromatic nitrogens is 1. The van der Waals surface area contributed by atoms with Crippen molar-refractivity contribution >= 4 is 17.8 Å². The van der Waals surface area contributed by atoms with E-state index >= 15 is 0 Å². The molecule has 2 fully saturated rings. The molecule has 0 unspecified atom stereocenters. The smallest absolute Gasteiger partial charge is 0.315 e. The first-order valence-electron chi connectivity index (χ1n) is 9.26. The first-order chi connectivity index (χ1) is 13.1. The van der Waals surface area contributed by atoms with E-state index in [-0.39, 0.29) is 30.9 Å². The van der Waals surface area contributed by atoms with E-state index in [1.807, 2.05) is 4.90 Å². The minimum Gasteiger partial charge on any atom is -0.481 e. The molecule has 1 aromatic rings. The molecule has 0 aromatic carbocycles. The Morgan fingerprint density at radius 1 is 1.37 bits per heavy atom. The van der Waals surface area contributed by atoms with Gasteiger partial charge in [0.05, 0.1) is 24.9 Å². The van der Waals surface area contributed by atoms with Gasteiger partial charge in [0.15, 0.2) is 0 Å². The number of carbonyl (C=O) groups excluding carboxylic acids is 3. The molecule has 9 heteroatoms. The first kappa shape index (κ1) is 17.6. The fourth-order valence-corrected chi connectivity index (χ4v) is 4.00. The van der Waals surface area contributed by atoms with Crippen molar-refractivity contribution in [1.29, 1.82) is 0 Å². The second-order valence-corrected chi connectivity index (χ2v) is 7.15. The number of pyridine rings is 1. The fraction of sp³-hybridized carbons (Fsp3) is 0.556. The number of nitrogens with zero attached hydrogens (tertiary/aromatic N) is 2. The third-order valence-electron chi connectivity index (χ3n) is 5.45. The van der Waals surface area contributed by atoms with E-state index in [1.165, 1.54) is 7.11 Å². The standard InChI is InChI=1S/C18H23N5O4/c1-27-16-10(7-19-15(24)13-8-20-18(26)22-13)6-12-14(21-16)9-23(17(12)25)11-4-2-3-5-11/h6,11,13H,2-5,7-9H2,1H3,(H,19,24)(H2,20,22,26)/t13-/m0/s1. The van der Waals surface area contributed by atoms with E-state index in [2.05, 4.69) is 20.9 Å². The number of methoxy groups -OCH3 is 1. The number of rotatable bonds is 5. The van der Waals surface area contributed by atoms with Gasteiger partial charge < -0.3 is 25.6 Å². The zero-order chi connectivity index (χ0) is 19.0. The summed E-state index contributed by atoms with van der Waals surface area (Å²) in [7, 11) is 1.52. The van der Waals surface area contributed by atoms with Gasteiger partial charge in [-0.3, -0.25) is 9.59 Å². The summed E-state index contributed by atoms with van der Waals surface area (Å²) in [5, 5.41) is 7.85. The highest BCUT2D eigenvalue weighted by molar-refractivity contribution is 5.98. The SMILES string of the molecule is COc1nc2c(cc1CNC(=O)[C@@H]1CNC(=O)N1)C(=O)N(C1CCCC1)C2. The Kier molecular flexibility index (Phi) is 4.59. The number of carbonyl (C=O) groups is 3. The van der Waals surface area contributed by atoms with Crippen LogP contribution in [0.15, 0.2) is 6.07 Å². The van der Waals surface area contributed by atoms with Gasteiger partial charge in [0, 0.05) is 24.7 Å². The Hall–Kier alpha value is -2.84. The third-order valence-corrected chi connectivity index (χ3v) is 5.45. The predicted molar refractivity (Wildman–Crippen MR) is 95.1 cm³/mol. The molecule has 3 aliphatic rings. The van der Waals surface area contributed by atoms with Crippen molar-refractivity contribution in [2.75, 3.05) is 13.7 Å². The highest BCUT2D eigenvalue weighted by Crippen LogP contribution is 2.33. The molecule has 0 spiro atoms. The van der Waals surface area contributed by atoms with Crippen molar-refractivity contribution in [1.82, 2.24) is 25.8 Å². The van der Waals surface area contributed by atoms with Crippen molar-refractivity contribution in [3.63, 3.8) is 0 Å². The Morgan fingerprint density at radius 3 is 2.81 bits per heavy atom. The average Bonchev–Trinajstić information content (AvgIpc) is 3.40. The lowest BCUT2D eigenvalue weighted by Crippen LogP contribution is -2.42. The molecule has 3 heterocycles. The van der Waals surface area contributed by atoms with Crippen LogP contribution in [0.4, 0.5) is 4.79 Å². The topological polar surface area (TPSA) is 113 Å². The lowest BCUT2D eigenvalue weighted by atomic mass is 10.1. The van der Waals surface area contributed by atoms with Gasteiger partial charge in [0.25, 0.3) is 5.91 Å². The molecule has 1 aromatic heterocycles. The van der Waals surface area contributed by atoms with Crippen molar-refractivity contribution in [3.8, 4) is 5.88 Å². The Balaban J connectivity index is 1.48. The molecule has 0 bridgehead atoms. The zero-order valence-corrected chi connectivity index (χ0v) is 15.2. The summed E-state index contributed by atoms with van der Waals surface area (Å²) in [6, 6.07) is 1.10. The van der Waals surface area contributed by atoms with Gasteiger partial charge in [-0.25, -0.2) is 9.78 Å². The number of urea groups is 1. The van der Waals surface area contributed by atoms with E-state index in [0.29, 0.717) is 29.6 Å². The normalized spacial score (nSPS) is 21.8. The van der Waals surface area contributed by atoms with Gasteiger partial charge in [0.1, 0.15) is 6.04 Å². The predicted octanol–water partition coefficient (Wildman–Crippen LogP) is 0.286. The maximum atomic E-state index is 12.8. The minimum atomic E-state index is -0.606. The molecule has 0 radical (unpaired) electrons. The van der Waals surface area contributed by atoms with E-state index in [0.717, 1.165) is 31.4 Å². The van der Waals surface area contributed by atoms with Gasteiger partial charge in [0.2, 0.25) is 11.8 Å². The monoisotopic (exact) mass is 373 g/mol. The molecular weight excluding hydrogens is 350 g/mol. The van der Waals surface area contributed by atoms with Crippen LogP contribution in [0.1, 0.15) is 47.3 Å². The molecule has 3 N–H and O–H groups in total. The molecular formula is C18H23N5O4. The molecule has 144 valence electrons. The van der Waals surface area contributed by atoms with Crippen LogP contribution in [-0.4, -0.2) is 53.5 Å². The fourth-order valence-electron chi connectivity index (χ4n) is 4.00. The molecule has 2 aliphatic heterocycles. The summed E-state index contributed by atoms with van der Waals surface area (Å²) in [5.41, 5.74) is 1.96. The molecule has 9 nitrogen and oxygen atoms in total. The number of nitrogens with one attached hydrogen (secondary N) is 3. The summed E-state index contributed by atoms with van der Waals surface area (Å²) < 4.78 is 5.37. The highest BCUT2D eigenvalue weighted by Gasteiger charge is 2.36. The lowest BCUT2D eigenvalue weighted by molar-refractivity contribution is -0.122. The number of amides is 4. The highest BCUT2D eigenvalue weighted by atomic mass is 16.5. The molecule has 1 saturated heterocycles. The van der Waals surface area contributed by atoms with E-state index in [4.69, 9.17) is 4.74 Å². The summed E-state index contributed by atoms with van der Waals surface area (Å²) in [5.74, 6) is 0.116. The van der Waals surface area contributed by atoms with Crippen LogP contribution < -0.4 is 20.7 Å². The number of ether oxygens (including phenoxy) is 1. The first-order valence-corrected chi connectivity index (χ1v) is 9.26. The number of hydrogen-bond acceptors (Lipinski definition) is 5. The van der Waals surface area contributed by atoms with Crippen LogP contribution in [0.2, 0.25) is 0 Å². The van der Waals surface area contributed by atoms with Gasteiger partial charge in [-0.15, -0.1) is 0 Å². The Labute approximate surface area is 156 Å². The zero-order valence-electron chi connectivity index (χ0n) is 15.2. The van der Waals surface area contributed by atoms with Gasteiger partial charge >= 0.3 is 6.03 Å². The molecule has 27 heavy (non-hydrogen) atoms. The van der Waals surface area contributed by atoms with Crippen LogP contribution in [0.3, 0.4) is 0 Å². The molecule has 1 atom stereocenters. The van der Waals surface area contributed by atoms with Gasteiger partial charge in [-0.1, -0.05) is 12.8 Å². The Bertz CT molecular complexity index is 790. The summed E-state index contributed by atoms with van der Waals surface area (Å²) in [6.45, 7) is 0.937. The van der Waals surface area contributed by atoms with Crippen LogP contribution in [0.5, 0.6) is 5.88 Å². The van der Waals surface area contributed by atoms with Gasteiger partial charge in [-0.05, 0) is 18.9 Å². The molecule has 4 rings (SSSR count). The minimum absolute atomic E-state index is 0.00638. The molecule has 4 amide bonds. The summed E-state index contributed by atoms with van der Waals surface area (Å²) in [4.78, 5) is 42.6. The lowest BCUT2D eigenvalue weighted by Gasteiger charge is -2.22. The Morgan fingerprint density at radius 2 is 2.15 bits per heavy atom.